The molecule has 1 saturated heterocycles. The lowest BCUT2D eigenvalue weighted by Gasteiger charge is -2.23. The number of aromatic nitrogens is 2. The number of aryl methyl sites for hydroxylation is 3. The van der Waals surface area contributed by atoms with Gasteiger partial charge in [-0.25, -0.2) is 0 Å². The second kappa shape index (κ2) is 7.40. The van der Waals surface area contributed by atoms with E-state index >= 15 is 0 Å². The van der Waals surface area contributed by atoms with Gasteiger partial charge in [0.1, 0.15) is 0 Å². The van der Waals surface area contributed by atoms with Gasteiger partial charge in [0, 0.05) is 25.2 Å². The van der Waals surface area contributed by atoms with Crippen LogP contribution in [0.15, 0.2) is 24.3 Å². The summed E-state index contributed by atoms with van der Waals surface area (Å²) in [5.41, 5.74) is 5.02. The maximum absolute atomic E-state index is 12.5. The fourth-order valence-corrected chi connectivity index (χ4v) is 3.39. The average Bonchev–Trinajstić information content (AvgIpc) is 3.24. The largest absolute Gasteiger partial charge is 0.349 e. The Labute approximate surface area is 150 Å². The Bertz CT molecular complexity index is 759. The lowest BCUT2D eigenvalue weighted by molar-refractivity contribution is 0.0934. The third kappa shape index (κ3) is 3.93. The summed E-state index contributed by atoms with van der Waals surface area (Å²) < 4.78 is 1.78. The fraction of sp³-hybridized carbons (Fsp3) is 0.500. The van der Waals surface area contributed by atoms with Crippen molar-refractivity contribution in [2.45, 2.75) is 39.7 Å². The van der Waals surface area contributed by atoms with Crippen LogP contribution in [-0.2, 0) is 7.05 Å². The third-order valence-corrected chi connectivity index (χ3v) is 5.24. The lowest BCUT2D eigenvalue weighted by Crippen LogP contribution is -2.40. The number of rotatable bonds is 5. The first-order valence-corrected chi connectivity index (χ1v) is 9.09. The van der Waals surface area contributed by atoms with E-state index < -0.39 is 0 Å². The van der Waals surface area contributed by atoms with Crippen LogP contribution in [0.2, 0.25) is 0 Å². The monoisotopic (exact) mass is 340 g/mol. The van der Waals surface area contributed by atoms with Crippen molar-refractivity contribution < 1.29 is 4.79 Å². The van der Waals surface area contributed by atoms with Crippen LogP contribution in [-0.4, -0.2) is 46.3 Å². The number of hydrogen-bond acceptors (Lipinski definition) is 3. The summed E-state index contributed by atoms with van der Waals surface area (Å²) in [6, 6.07) is 8.57. The van der Waals surface area contributed by atoms with Crippen LogP contribution in [0.4, 0.5) is 0 Å². The number of benzene rings is 1. The minimum Gasteiger partial charge on any atom is -0.349 e. The zero-order valence-corrected chi connectivity index (χ0v) is 15.7. The molecule has 2 aromatic rings. The number of nitrogens with one attached hydrogen (secondary N) is 1. The van der Waals surface area contributed by atoms with Gasteiger partial charge in [0.05, 0.1) is 5.69 Å². The molecule has 1 aromatic carbocycles. The van der Waals surface area contributed by atoms with Crippen LogP contribution >= 0.6 is 0 Å². The van der Waals surface area contributed by atoms with Crippen molar-refractivity contribution in [3.8, 4) is 11.3 Å². The summed E-state index contributed by atoms with van der Waals surface area (Å²) in [4.78, 5) is 14.9. The molecule has 1 aromatic heterocycles. The first-order valence-electron chi connectivity index (χ1n) is 9.09. The SMILES string of the molecule is Cc1ccc(-c2cc(C(=O)NCC(C)N3CCCC3)nn2C)cc1C. The third-order valence-electron chi connectivity index (χ3n) is 5.24. The first-order chi connectivity index (χ1) is 12.0. The lowest BCUT2D eigenvalue weighted by atomic mass is 10.0. The van der Waals surface area contributed by atoms with Crippen molar-refractivity contribution in [3.63, 3.8) is 0 Å². The van der Waals surface area contributed by atoms with E-state index in [4.69, 9.17) is 0 Å². The summed E-state index contributed by atoms with van der Waals surface area (Å²) in [6.07, 6.45) is 2.52. The second-order valence-corrected chi connectivity index (χ2v) is 7.14. The van der Waals surface area contributed by atoms with E-state index in [1.165, 1.54) is 24.0 Å². The highest BCUT2D eigenvalue weighted by molar-refractivity contribution is 5.93. The fourth-order valence-electron chi connectivity index (χ4n) is 3.39. The van der Waals surface area contributed by atoms with Gasteiger partial charge < -0.3 is 5.32 Å². The van der Waals surface area contributed by atoms with Crippen molar-refractivity contribution in [2.75, 3.05) is 19.6 Å². The molecule has 1 aliphatic rings. The van der Waals surface area contributed by atoms with Gasteiger partial charge in [-0.3, -0.25) is 14.4 Å². The molecule has 2 heterocycles. The number of carbonyl (C=O) groups is 1. The molecular formula is C20H28N4O. The van der Waals surface area contributed by atoms with Gasteiger partial charge in [-0.05, 0) is 70.0 Å². The summed E-state index contributed by atoms with van der Waals surface area (Å²) in [5, 5.41) is 7.44. The predicted molar refractivity (Wildman–Crippen MR) is 101 cm³/mol. The standard InChI is InChI=1S/C20H28N4O/c1-14-7-8-17(11-15(14)2)19-12-18(22-23(19)4)20(25)21-13-16(3)24-9-5-6-10-24/h7-8,11-12,16H,5-6,9-10,13H2,1-4H3,(H,21,25). The van der Waals surface area contributed by atoms with Crippen molar-refractivity contribution >= 4 is 5.91 Å². The van der Waals surface area contributed by atoms with E-state index in [2.05, 4.69) is 54.3 Å². The molecule has 3 rings (SSSR count). The molecule has 1 fully saturated rings. The van der Waals surface area contributed by atoms with Crippen LogP contribution in [0.1, 0.15) is 41.4 Å². The molecule has 5 heteroatoms. The maximum atomic E-state index is 12.5. The van der Waals surface area contributed by atoms with E-state index in [0.717, 1.165) is 24.3 Å². The van der Waals surface area contributed by atoms with E-state index in [-0.39, 0.29) is 5.91 Å². The Morgan fingerprint density at radius 1 is 1.20 bits per heavy atom. The summed E-state index contributed by atoms with van der Waals surface area (Å²) in [6.45, 7) is 9.30. The van der Waals surface area contributed by atoms with Crippen LogP contribution in [0.5, 0.6) is 0 Å². The minimum absolute atomic E-state index is 0.100. The Morgan fingerprint density at radius 3 is 2.60 bits per heavy atom. The quantitative estimate of drug-likeness (QED) is 0.910. The Hall–Kier alpha value is -2.14. The molecular weight excluding hydrogens is 312 g/mol. The molecule has 0 radical (unpaired) electrons. The number of likely N-dealkylation sites (tertiary alicyclic amines) is 1. The number of amides is 1. The van der Waals surface area contributed by atoms with Gasteiger partial charge in [0.15, 0.2) is 5.69 Å². The molecule has 1 N–H and O–H groups in total. The molecule has 1 atom stereocenters. The Balaban J connectivity index is 1.68. The van der Waals surface area contributed by atoms with Crippen LogP contribution in [0.25, 0.3) is 11.3 Å². The summed E-state index contributed by atoms with van der Waals surface area (Å²) in [7, 11) is 1.88. The van der Waals surface area contributed by atoms with Crippen molar-refractivity contribution in [1.82, 2.24) is 20.0 Å². The van der Waals surface area contributed by atoms with Gasteiger partial charge in [-0.1, -0.05) is 12.1 Å². The highest BCUT2D eigenvalue weighted by Crippen LogP contribution is 2.22. The second-order valence-electron chi connectivity index (χ2n) is 7.14. The molecule has 5 nitrogen and oxygen atoms in total. The van der Waals surface area contributed by atoms with Crippen molar-refractivity contribution in [3.05, 3.63) is 41.1 Å². The highest BCUT2D eigenvalue weighted by atomic mass is 16.1. The predicted octanol–water partition coefficient (Wildman–Crippen LogP) is 2.92. The summed E-state index contributed by atoms with van der Waals surface area (Å²) in [5.74, 6) is -0.100. The van der Waals surface area contributed by atoms with E-state index in [1.807, 2.05) is 13.1 Å². The molecule has 1 unspecified atom stereocenters. The average molecular weight is 340 g/mol. The topological polar surface area (TPSA) is 50.2 Å². The molecule has 0 spiro atoms. The molecule has 0 saturated carbocycles. The van der Waals surface area contributed by atoms with Gasteiger partial charge in [-0.15, -0.1) is 0 Å². The Morgan fingerprint density at radius 2 is 1.92 bits per heavy atom. The van der Waals surface area contributed by atoms with Gasteiger partial charge in [0.2, 0.25) is 0 Å². The zero-order chi connectivity index (χ0) is 18.0. The molecule has 1 aliphatic heterocycles. The molecule has 134 valence electrons. The van der Waals surface area contributed by atoms with Crippen LogP contribution < -0.4 is 5.32 Å². The normalized spacial score (nSPS) is 16.2. The molecule has 1 amide bonds. The molecule has 25 heavy (non-hydrogen) atoms. The van der Waals surface area contributed by atoms with E-state index in [9.17, 15) is 4.79 Å². The maximum Gasteiger partial charge on any atom is 0.271 e. The van der Waals surface area contributed by atoms with Gasteiger partial charge >= 0.3 is 0 Å². The highest BCUT2D eigenvalue weighted by Gasteiger charge is 2.20. The van der Waals surface area contributed by atoms with Crippen LogP contribution in [0.3, 0.4) is 0 Å². The van der Waals surface area contributed by atoms with Crippen molar-refractivity contribution in [2.24, 2.45) is 7.05 Å². The Kier molecular flexibility index (Phi) is 5.23. The van der Waals surface area contributed by atoms with Gasteiger partial charge in [0.25, 0.3) is 5.91 Å². The van der Waals surface area contributed by atoms with Crippen molar-refractivity contribution in [1.29, 1.82) is 0 Å². The number of hydrogen-bond donors (Lipinski definition) is 1. The van der Waals surface area contributed by atoms with Gasteiger partial charge in [-0.2, -0.15) is 5.10 Å². The van der Waals surface area contributed by atoms with E-state index in [1.54, 1.807) is 4.68 Å². The molecule has 0 aliphatic carbocycles. The van der Waals surface area contributed by atoms with E-state index in [0.29, 0.717) is 18.3 Å². The summed E-state index contributed by atoms with van der Waals surface area (Å²) >= 11 is 0. The minimum atomic E-state index is -0.100. The van der Waals surface area contributed by atoms with Crippen LogP contribution in [0, 0.1) is 13.8 Å². The zero-order valence-electron chi connectivity index (χ0n) is 15.7. The number of nitrogens with zero attached hydrogens (tertiary/aromatic N) is 3. The smallest absolute Gasteiger partial charge is 0.271 e. The molecule has 0 bridgehead atoms. The first kappa shape index (κ1) is 17.7. The number of carbonyl (C=O) groups excluding carboxylic acids is 1.